The minimum Gasteiger partial charge on any atom is -0.334 e. The highest BCUT2D eigenvalue weighted by Gasteiger charge is 2.45. The summed E-state index contributed by atoms with van der Waals surface area (Å²) in [4.78, 5) is 18.3. The predicted molar refractivity (Wildman–Crippen MR) is 104 cm³/mol. The van der Waals surface area contributed by atoms with Crippen LogP contribution < -0.4 is 5.32 Å². The Labute approximate surface area is 159 Å². The second-order valence-corrected chi connectivity index (χ2v) is 6.22. The van der Waals surface area contributed by atoms with Gasteiger partial charge in [0.15, 0.2) is 0 Å². The number of fused-ring (bicyclic) bond motifs is 1. The molecule has 0 bridgehead atoms. The Balaban J connectivity index is 1.96. The highest BCUT2D eigenvalue weighted by atomic mass is 16.2. The molecule has 3 aromatic carbocycles. The first kappa shape index (κ1) is 17.2. The lowest BCUT2D eigenvalue weighted by Gasteiger charge is -2.32. The van der Waals surface area contributed by atoms with Crippen molar-refractivity contribution in [3.8, 4) is 0 Å². The van der Waals surface area contributed by atoms with Crippen molar-refractivity contribution in [3.05, 3.63) is 116 Å². The van der Waals surface area contributed by atoms with Gasteiger partial charge in [-0.1, -0.05) is 77.0 Å². The Morgan fingerprint density at radius 2 is 1.25 bits per heavy atom. The van der Waals surface area contributed by atoms with Gasteiger partial charge in [-0.05, 0) is 33.8 Å². The molecule has 0 saturated carbocycles. The fraction of sp³-hybridized carbons (Fsp3) is 0.0500. The zero-order chi connectivity index (χ0) is 19.6. The molecule has 134 valence electrons. The van der Waals surface area contributed by atoms with Crippen LogP contribution in [0.15, 0.2) is 83.0 Å². The molecule has 0 aliphatic carbocycles. The van der Waals surface area contributed by atoms with Gasteiger partial charge in [0.1, 0.15) is 5.54 Å². The summed E-state index contributed by atoms with van der Waals surface area (Å²) in [7, 11) is 0. The molecule has 1 aliphatic heterocycles. The average Bonchev–Trinajstić information content (AvgIpc) is 3.04. The minimum absolute atomic E-state index is 0.172. The van der Waals surface area contributed by atoms with Crippen molar-refractivity contribution >= 4 is 17.3 Å². The van der Waals surface area contributed by atoms with Crippen LogP contribution in [0.4, 0.5) is 11.4 Å². The molecule has 1 heterocycles. The Hall–Kier alpha value is -4.25. The first-order chi connectivity index (χ1) is 13.7. The monoisotopic (exact) mass is 367 g/mol. The van der Waals surface area contributed by atoms with Crippen molar-refractivity contribution in [1.82, 2.24) is 5.32 Å². The lowest BCUT2D eigenvalue weighted by molar-refractivity contribution is 0.0948. The summed E-state index contributed by atoms with van der Waals surface area (Å²) in [6.45, 7) is 0. The molecule has 8 nitrogen and oxygen atoms in total. The van der Waals surface area contributed by atoms with Crippen molar-refractivity contribution in [2.45, 2.75) is 5.54 Å². The summed E-state index contributed by atoms with van der Waals surface area (Å²) < 4.78 is 0. The molecule has 0 fully saturated rings. The molecule has 1 N–H and O–H groups in total. The van der Waals surface area contributed by atoms with Crippen molar-refractivity contribution in [2.75, 3.05) is 0 Å². The highest BCUT2D eigenvalue weighted by Crippen LogP contribution is 2.43. The molecule has 0 spiro atoms. The molecule has 8 heteroatoms. The summed E-state index contributed by atoms with van der Waals surface area (Å²) in [5.41, 5.74) is 20.4. The topological polar surface area (TPSA) is 127 Å². The SMILES string of the molecule is [N-]=[N+]=Nc1ccc(C2(c3ccc(N=[N+]=[N-])cc3)NC(=O)c3ccccc32)cc1. The Bertz CT molecular complexity index is 1090. The number of nitrogens with one attached hydrogen (secondary N) is 1. The molecule has 4 rings (SSSR count). The van der Waals surface area contributed by atoms with Crippen molar-refractivity contribution in [3.63, 3.8) is 0 Å². The summed E-state index contributed by atoms with van der Waals surface area (Å²) in [6.07, 6.45) is 0. The number of carbonyl (C=O) groups excluding carboxylic acids is 1. The molecule has 1 aliphatic rings. The van der Waals surface area contributed by atoms with Crippen molar-refractivity contribution in [1.29, 1.82) is 0 Å². The number of hydrogen-bond acceptors (Lipinski definition) is 3. The Kier molecular flexibility index (Phi) is 4.18. The third kappa shape index (κ3) is 2.62. The van der Waals surface area contributed by atoms with Gasteiger partial charge in [-0.15, -0.1) is 0 Å². The van der Waals surface area contributed by atoms with E-state index < -0.39 is 5.54 Å². The van der Waals surface area contributed by atoms with Crippen LogP contribution in [0.5, 0.6) is 0 Å². The molecule has 0 saturated heterocycles. The normalized spacial score (nSPS) is 17.1. The molecule has 0 atom stereocenters. The first-order valence-electron chi connectivity index (χ1n) is 8.42. The van der Waals surface area contributed by atoms with Gasteiger partial charge in [0.05, 0.1) is 0 Å². The van der Waals surface area contributed by atoms with E-state index in [1.807, 2.05) is 42.5 Å². The number of rotatable bonds is 4. The Morgan fingerprint density at radius 3 is 1.75 bits per heavy atom. The van der Waals surface area contributed by atoms with Gasteiger partial charge in [0.2, 0.25) is 0 Å². The molecule has 0 radical (unpaired) electrons. The van der Waals surface area contributed by atoms with Gasteiger partial charge in [0.25, 0.3) is 5.91 Å². The van der Waals surface area contributed by atoms with E-state index in [0.717, 1.165) is 16.7 Å². The minimum atomic E-state index is -0.905. The van der Waals surface area contributed by atoms with E-state index in [-0.39, 0.29) is 5.91 Å². The van der Waals surface area contributed by atoms with Gasteiger partial charge < -0.3 is 5.32 Å². The molecular formula is C20H13N7O. The van der Waals surface area contributed by atoms with Gasteiger partial charge >= 0.3 is 0 Å². The van der Waals surface area contributed by atoms with Gasteiger partial charge in [0, 0.05) is 26.8 Å². The lowest BCUT2D eigenvalue weighted by Crippen LogP contribution is -2.41. The van der Waals surface area contributed by atoms with Crippen LogP contribution in [0.2, 0.25) is 0 Å². The average molecular weight is 367 g/mol. The van der Waals surface area contributed by atoms with Crippen molar-refractivity contribution < 1.29 is 4.79 Å². The van der Waals surface area contributed by atoms with Crippen LogP contribution in [0, 0.1) is 0 Å². The number of nitrogens with zero attached hydrogens (tertiary/aromatic N) is 6. The molecule has 0 aromatic heterocycles. The largest absolute Gasteiger partial charge is 0.334 e. The lowest BCUT2D eigenvalue weighted by atomic mass is 9.78. The molecule has 0 unspecified atom stereocenters. The molecule has 28 heavy (non-hydrogen) atoms. The maximum Gasteiger partial charge on any atom is 0.252 e. The number of carbonyl (C=O) groups is 1. The van der Waals surface area contributed by atoms with E-state index in [9.17, 15) is 4.79 Å². The molecule has 3 aromatic rings. The maximum atomic E-state index is 12.7. The summed E-state index contributed by atoms with van der Waals surface area (Å²) in [6, 6.07) is 21.5. The second kappa shape index (κ2) is 6.81. The van der Waals surface area contributed by atoms with Gasteiger partial charge in [-0.25, -0.2) is 0 Å². The van der Waals surface area contributed by atoms with E-state index in [4.69, 9.17) is 11.1 Å². The summed E-state index contributed by atoms with van der Waals surface area (Å²) in [5, 5.41) is 10.3. The molecular weight excluding hydrogens is 354 g/mol. The number of benzene rings is 3. The van der Waals surface area contributed by atoms with E-state index in [1.165, 1.54) is 0 Å². The van der Waals surface area contributed by atoms with Gasteiger partial charge in [-0.3, -0.25) is 4.79 Å². The second-order valence-electron chi connectivity index (χ2n) is 6.22. The first-order valence-corrected chi connectivity index (χ1v) is 8.42. The number of amides is 1. The third-order valence-electron chi connectivity index (χ3n) is 4.80. The van der Waals surface area contributed by atoms with Crippen LogP contribution in [0.25, 0.3) is 20.9 Å². The van der Waals surface area contributed by atoms with E-state index >= 15 is 0 Å². The Morgan fingerprint density at radius 1 is 0.750 bits per heavy atom. The molecule has 1 amide bonds. The zero-order valence-corrected chi connectivity index (χ0v) is 14.5. The fourth-order valence-electron chi connectivity index (χ4n) is 3.59. The van der Waals surface area contributed by atoms with E-state index in [0.29, 0.717) is 16.9 Å². The summed E-state index contributed by atoms with van der Waals surface area (Å²) in [5.74, 6) is -0.172. The van der Waals surface area contributed by atoms with Crippen LogP contribution in [-0.2, 0) is 5.54 Å². The number of azide groups is 2. The van der Waals surface area contributed by atoms with Crippen LogP contribution in [0.3, 0.4) is 0 Å². The van der Waals surface area contributed by atoms with Gasteiger partial charge in [-0.2, -0.15) is 0 Å². The van der Waals surface area contributed by atoms with Crippen molar-refractivity contribution in [2.24, 2.45) is 10.2 Å². The van der Waals surface area contributed by atoms with Crippen LogP contribution in [0.1, 0.15) is 27.0 Å². The van der Waals surface area contributed by atoms with Crippen LogP contribution in [-0.4, -0.2) is 5.91 Å². The van der Waals surface area contributed by atoms with E-state index in [1.54, 1.807) is 30.3 Å². The zero-order valence-electron chi connectivity index (χ0n) is 14.5. The fourth-order valence-corrected chi connectivity index (χ4v) is 3.59. The van der Waals surface area contributed by atoms with Crippen LogP contribution >= 0.6 is 0 Å². The van der Waals surface area contributed by atoms with E-state index in [2.05, 4.69) is 25.4 Å². The maximum absolute atomic E-state index is 12.7. The summed E-state index contributed by atoms with van der Waals surface area (Å²) >= 11 is 0. The highest BCUT2D eigenvalue weighted by molar-refractivity contribution is 6.01. The predicted octanol–water partition coefficient (Wildman–Crippen LogP) is 5.61. The third-order valence-corrected chi connectivity index (χ3v) is 4.80. The smallest absolute Gasteiger partial charge is 0.252 e. The quantitative estimate of drug-likeness (QED) is 0.359. The number of hydrogen-bond donors (Lipinski definition) is 1. The standard InChI is InChI=1S/C20H13N7O/c21-26-24-15-9-5-13(6-10-15)20(14-7-11-16(12-8-14)25-27-22)18-4-2-1-3-17(18)19(28)23-20/h1-12H,(H,23,28).